The molecule has 7 heteroatoms. The van der Waals surface area contributed by atoms with E-state index in [0.29, 0.717) is 5.75 Å². The molecule has 104 valence electrons. The molecular weight excluding hydrogens is 282 g/mol. The van der Waals surface area contributed by atoms with Gasteiger partial charge in [-0.25, -0.2) is 9.59 Å². The van der Waals surface area contributed by atoms with Crippen molar-refractivity contribution in [1.82, 2.24) is 4.74 Å². The van der Waals surface area contributed by atoms with Gasteiger partial charge in [0.25, 0.3) is 0 Å². The lowest BCUT2D eigenvalue weighted by molar-refractivity contribution is 0.0523. The predicted molar refractivity (Wildman–Crippen MR) is 74.0 cm³/mol. The zero-order valence-electron chi connectivity index (χ0n) is 10.6. The lowest BCUT2D eigenvalue weighted by Gasteiger charge is -2.04. The van der Waals surface area contributed by atoms with E-state index in [1.165, 1.54) is 0 Å². The zero-order chi connectivity index (χ0) is 14.5. The molecule has 0 saturated heterocycles. The highest BCUT2D eigenvalue weighted by Gasteiger charge is 2.18. The van der Waals surface area contributed by atoms with E-state index in [9.17, 15) is 9.59 Å². The number of carbonyl (C=O) groups is 1. The van der Waals surface area contributed by atoms with Crippen LogP contribution in [0.1, 0.15) is 17.3 Å². The number of carbonyl (C=O) groups excluding carboxylic acids is 1. The van der Waals surface area contributed by atoms with Crippen LogP contribution in [0.4, 0.5) is 0 Å². The van der Waals surface area contributed by atoms with Crippen LogP contribution in [0, 0.1) is 0 Å². The van der Waals surface area contributed by atoms with Crippen LogP contribution in [0.3, 0.4) is 0 Å². The number of benzene rings is 1. The number of esters is 1. The Hall–Kier alpha value is -2.41. The molecule has 0 saturated carbocycles. The van der Waals surface area contributed by atoms with E-state index in [1.54, 1.807) is 31.2 Å². The first kappa shape index (κ1) is 14.0. The molecule has 20 heavy (non-hydrogen) atoms. The fourth-order valence-electron chi connectivity index (χ4n) is 1.40. The number of hydrogen-bond donors (Lipinski definition) is 0. The first-order valence-corrected chi connectivity index (χ1v) is 6.20. The summed E-state index contributed by atoms with van der Waals surface area (Å²) in [4.78, 5) is 23.0. The first-order chi connectivity index (χ1) is 9.61. The van der Waals surface area contributed by atoms with Gasteiger partial charge < -0.3 is 14.0 Å². The van der Waals surface area contributed by atoms with Crippen molar-refractivity contribution in [1.29, 1.82) is 0 Å². The van der Waals surface area contributed by atoms with Crippen molar-refractivity contribution < 1.29 is 18.8 Å². The van der Waals surface area contributed by atoms with Crippen molar-refractivity contribution >= 4 is 23.4 Å². The normalized spacial score (nSPS) is 10.1. The second kappa shape index (κ2) is 6.16. The number of para-hydroxylation sites is 1. The third-order valence-electron chi connectivity index (χ3n) is 2.27. The Balaban J connectivity index is 2.17. The highest BCUT2D eigenvalue weighted by Crippen LogP contribution is 2.10. The Bertz CT molecular complexity index is 674. The second-order valence-corrected chi connectivity index (χ2v) is 4.00. The molecule has 0 bridgehead atoms. The smallest absolute Gasteiger partial charge is 0.372 e. The molecule has 0 atom stereocenters. The number of ether oxygens (including phenoxy) is 2. The van der Waals surface area contributed by atoms with Crippen LogP contribution in [0.15, 0.2) is 45.8 Å². The van der Waals surface area contributed by atoms with E-state index in [2.05, 4.69) is 0 Å². The molecule has 1 aromatic heterocycles. The molecule has 0 fully saturated rings. The van der Waals surface area contributed by atoms with E-state index >= 15 is 0 Å². The molecule has 1 heterocycles. The quantitative estimate of drug-likeness (QED) is 0.635. The Morgan fingerprint density at radius 1 is 1.35 bits per heavy atom. The van der Waals surface area contributed by atoms with Crippen LogP contribution >= 0.6 is 12.2 Å². The molecule has 0 amide bonds. The summed E-state index contributed by atoms with van der Waals surface area (Å²) in [5.41, 5.74) is -1.06. The number of rotatable bonds is 3. The average molecular weight is 293 g/mol. The Morgan fingerprint density at radius 2 is 2.05 bits per heavy atom. The van der Waals surface area contributed by atoms with Crippen molar-refractivity contribution in [3.63, 3.8) is 0 Å². The van der Waals surface area contributed by atoms with E-state index in [-0.39, 0.29) is 17.3 Å². The summed E-state index contributed by atoms with van der Waals surface area (Å²) in [6.07, 6.45) is 1.14. The van der Waals surface area contributed by atoms with E-state index in [1.807, 2.05) is 6.07 Å². The summed E-state index contributed by atoms with van der Waals surface area (Å²) in [6, 6.07) is 8.76. The van der Waals surface area contributed by atoms with Crippen LogP contribution in [0.25, 0.3) is 0 Å². The average Bonchev–Trinajstić information content (AvgIpc) is 2.82. The van der Waals surface area contributed by atoms with Crippen LogP contribution in [0.5, 0.6) is 5.75 Å². The molecule has 0 radical (unpaired) electrons. The van der Waals surface area contributed by atoms with Gasteiger partial charge in [-0.1, -0.05) is 18.2 Å². The highest BCUT2D eigenvalue weighted by atomic mass is 32.1. The molecule has 1 aromatic carbocycles. The van der Waals surface area contributed by atoms with Gasteiger partial charge in [0.1, 0.15) is 5.75 Å². The summed E-state index contributed by atoms with van der Waals surface area (Å²) >= 11 is 4.98. The number of aromatic nitrogens is 1. The van der Waals surface area contributed by atoms with Crippen LogP contribution in [0.2, 0.25) is 0 Å². The highest BCUT2D eigenvalue weighted by molar-refractivity contribution is 7.80. The van der Waals surface area contributed by atoms with E-state index in [0.717, 1.165) is 10.9 Å². The van der Waals surface area contributed by atoms with Gasteiger partial charge in [0.2, 0.25) is 0 Å². The Labute approximate surface area is 119 Å². The van der Waals surface area contributed by atoms with Crippen molar-refractivity contribution in [3.05, 3.63) is 52.5 Å². The van der Waals surface area contributed by atoms with Gasteiger partial charge in [-0.3, -0.25) is 0 Å². The number of thiocarbonyl (C=S) groups is 1. The van der Waals surface area contributed by atoms with Crippen LogP contribution in [-0.4, -0.2) is 22.5 Å². The fourth-order valence-corrected chi connectivity index (χ4v) is 1.59. The van der Waals surface area contributed by atoms with Gasteiger partial charge in [0.05, 0.1) is 12.8 Å². The summed E-state index contributed by atoms with van der Waals surface area (Å²) in [7, 11) is 0. The largest absolute Gasteiger partial charge is 0.462 e. The molecule has 2 rings (SSSR count). The van der Waals surface area contributed by atoms with Crippen LogP contribution in [-0.2, 0) is 4.74 Å². The Kier molecular flexibility index (Phi) is 4.31. The van der Waals surface area contributed by atoms with Gasteiger partial charge in [-0.05, 0) is 31.3 Å². The number of nitrogens with zero attached hydrogens (tertiary/aromatic N) is 1. The van der Waals surface area contributed by atoms with Crippen molar-refractivity contribution in [2.75, 3.05) is 6.61 Å². The minimum atomic E-state index is -0.831. The van der Waals surface area contributed by atoms with Gasteiger partial charge in [-0.15, -0.1) is 4.74 Å². The monoisotopic (exact) mass is 293 g/mol. The summed E-state index contributed by atoms with van der Waals surface area (Å²) in [6.45, 7) is 1.80. The van der Waals surface area contributed by atoms with Gasteiger partial charge >= 0.3 is 16.8 Å². The molecule has 0 N–H and O–H groups in total. The lowest BCUT2D eigenvalue weighted by Crippen LogP contribution is -2.15. The summed E-state index contributed by atoms with van der Waals surface area (Å²) in [5.74, 6) is -0.269. The van der Waals surface area contributed by atoms with Gasteiger partial charge in [0, 0.05) is 0 Å². The topological polar surface area (TPSA) is 70.7 Å². The molecule has 6 nitrogen and oxygen atoms in total. The minimum absolute atomic E-state index is 0.108. The maximum Gasteiger partial charge on any atom is 0.372 e. The van der Waals surface area contributed by atoms with Gasteiger partial charge in [-0.2, -0.15) is 0 Å². The maximum atomic E-state index is 11.5. The molecule has 0 aliphatic carbocycles. The van der Waals surface area contributed by atoms with E-state index in [4.69, 9.17) is 26.2 Å². The third-order valence-corrected chi connectivity index (χ3v) is 2.53. The van der Waals surface area contributed by atoms with Crippen LogP contribution < -0.4 is 10.4 Å². The standard InChI is InChI=1S/C13H11NO5S/c1-2-17-11(15)10-8-14(19-12(10)16)13(20)18-9-6-4-3-5-7-9/h3-8H,2H2,1H3. The molecule has 0 spiro atoms. The van der Waals surface area contributed by atoms with E-state index < -0.39 is 11.6 Å². The van der Waals surface area contributed by atoms with Crippen molar-refractivity contribution in [2.45, 2.75) is 6.92 Å². The predicted octanol–water partition coefficient (Wildman–Crippen LogP) is 1.83. The SMILES string of the molecule is CCOC(=O)c1cn(C(=S)Oc2ccccc2)oc1=O. The second-order valence-electron chi connectivity index (χ2n) is 3.65. The first-order valence-electron chi connectivity index (χ1n) is 5.79. The number of hydrogen-bond acceptors (Lipinski definition) is 6. The third kappa shape index (κ3) is 3.12. The lowest BCUT2D eigenvalue weighted by atomic mass is 10.3. The molecule has 0 aliphatic heterocycles. The molecule has 0 aliphatic rings. The fraction of sp³-hybridized carbons (Fsp3) is 0.154. The Morgan fingerprint density at radius 3 is 2.70 bits per heavy atom. The zero-order valence-corrected chi connectivity index (χ0v) is 11.4. The van der Waals surface area contributed by atoms with Crippen molar-refractivity contribution in [2.24, 2.45) is 0 Å². The van der Waals surface area contributed by atoms with Crippen molar-refractivity contribution in [3.8, 4) is 5.75 Å². The van der Waals surface area contributed by atoms with Gasteiger partial charge in [0.15, 0.2) is 5.56 Å². The molecule has 2 aromatic rings. The maximum absolute atomic E-state index is 11.5. The molecular formula is C13H11NO5S. The molecule has 0 unspecified atom stereocenters. The summed E-state index contributed by atoms with van der Waals surface area (Å²) in [5, 5.41) is -0.108. The minimum Gasteiger partial charge on any atom is -0.462 e. The summed E-state index contributed by atoms with van der Waals surface area (Å²) < 4.78 is 15.8.